The van der Waals surface area contributed by atoms with Crippen LogP contribution in [-0.2, 0) is 0 Å². The zero-order chi connectivity index (χ0) is 13.9. The average molecular weight is 275 g/mol. The number of aliphatic imine (C=N–C) groups is 1. The predicted molar refractivity (Wildman–Crippen MR) is 87.2 cm³/mol. The molecule has 0 saturated heterocycles. The number of nitrogens with zero attached hydrogens (tertiary/aromatic N) is 1. The van der Waals surface area contributed by atoms with Crippen LogP contribution in [0.25, 0.3) is 0 Å². The molecule has 0 spiro atoms. The van der Waals surface area contributed by atoms with Crippen LogP contribution in [0.5, 0.6) is 0 Å². The van der Waals surface area contributed by atoms with Crippen molar-refractivity contribution in [3.8, 4) is 0 Å². The van der Waals surface area contributed by atoms with E-state index in [1.165, 1.54) is 64.2 Å². The first-order valence-electron chi connectivity index (χ1n) is 9.27. The highest BCUT2D eigenvalue weighted by Gasteiger charge is 2.37. The summed E-state index contributed by atoms with van der Waals surface area (Å²) in [5.74, 6) is 4.47. The lowest BCUT2D eigenvalue weighted by Gasteiger charge is -2.34. The molecule has 0 N–H and O–H groups in total. The Bertz CT molecular complexity index is 335. The van der Waals surface area contributed by atoms with E-state index in [1.54, 1.807) is 0 Å². The molecule has 3 aliphatic rings. The van der Waals surface area contributed by atoms with Gasteiger partial charge < -0.3 is 0 Å². The second-order valence-corrected chi connectivity index (χ2v) is 8.08. The molecular weight excluding hydrogens is 242 g/mol. The third-order valence-electron chi connectivity index (χ3n) is 6.44. The first-order valence-corrected chi connectivity index (χ1v) is 9.27. The fraction of sp³-hybridized carbons (Fsp3) is 0.947. The average Bonchev–Trinajstić information content (AvgIpc) is 2.71. The van der Waals surface area contributed by atoms with Crippen molar-refractivity contribution < 1.29 is 0 Å². The lowest BCUT2D eigenvalue weighted by atomic mass is 9.72. The van der Waals surface area contributed by atoms with Gasteiger partial charge in [0.25, 0.3) is 0 Å². The van der Waals surface area contributed by atoms with E-state index in [0.717, 1.165) is 29.6 Å². The molecule has 6 atom stereocenters. The molecule has 1 heteroatoms. The van der Waals surface area contributed by atoms with Crippen molar-refractivity contribution >= 4 is 6.21 Å². The van der Waals surface area contributed by atoms with Gasteiger partial charge in [0.05, 0.1) is 6.04 Å². The summed E-state index contributed by atoms with van der Waals surface area (Å²) < 4.78 is 0. The summed E-state index contributed by atoms with van der Waals surface area (Å²) in [6, 6.07) is 0.671. The Hall–Kier alpha value is -0.330. The van der Waals surface area contributed by atoms with Crippen LogP contribution in [0, 0.1) is 29.6 Å². The van der Waals surface area contributed by atoms with Crippen LogP contribution in [0.3, 0.4) is 0 Å². The quantitative estimate of drug-likeness (QED) is 0.554. The lowest BCUT2D eigenvalue weighted by Crippen LogP contribution is -2.29. The van der Waals surface area contributed by atoms with Crippen molar-refractivity contribution in [2.75, 3.05) is 0 Å². The summed E-state index contributed by atoms with van der Waals surface area (Å²) in [5, 5.41) is 0. The molecule has 2 aliphatic carbocycles. The largest absolute Gasteiger partial charge is 0.294 e. The number of hydrogen-bond donors (Lipinski definition) is 0. The minimum absolute atomic E-state index is 0.671. The van der Waals surface area contributed by atoms with E-state index in [9.17, 15) is 0 Å². The molecule has 2 fully saturated rings. The monoisotopic (exact) mass is 275 g/mol. The molecule has 0 aromatic carbocycles. The molecule has 20 heavy (non-hydrogen) atoms. The van der Waals surface area contributed by atoms with E-state index in [1.807, 2.05) is 0 Å². The SMILES string of the molecule is CC1CCCC(C)C2CC(C=NC3CCCCCC32)C1. The molecule has 1 heterocycles. The van der Waals surface area contributed by atoms with Crippen molar-refractivity contribution in [2.24, 2.45) is 34.6 Å². The Kier molecular flexibility index (Phi) is 4.83. The Morgan fingerprint density at radius 2 is 1.65 bits per heavy atom. The molecule has 2 saturated carbocycles. The minimum atomic E-state index is 0.671. The molecule has 0 amide bonds. The van der Waals surface area contributed by atoms with E-state index in [4.69, 9.17) is 4.99 Å². The van der Waals surface area contributed by atoms with Crippen LogP contribution in [0.1, 0.15) is 78.1 Å². The first-order chi connectivity index (χ1) is 9.74. The molecule has 114 valence electrons. The highest BCUT2D eigenvalue weighted by molar-refractivity contribution is 5.61. The van der Waals surface area contributed by atoms with Crippen molar-refractivity contribution in [3.05, 3.63) is 0 Å². The normalized spacial score (nSPS) is 46.3. The van der Waals surface area contributed by atoms with Gasteiger partial charge in [0.2, 0.25) is 0 Å². The molecular formula is C19H33N. The smallest absolute Gasteiger partial charge is 0.0526 e. The standard InChI is InChI=1S/C19H33N/c1-14-7-6-8-15(2)18-12-16(11-14)13-20-19-10-5-3-4-9-17(18)19/h13-19H,3-12H2,1-2H3. The zero-order valence-electron chi connectivity index (χ0n) is 13.6. The summed E-state index contributed by atoms with van der Waals surface area (Å²) in [5.41, 5.74) is 0. The van der Waals surface area contributed by atoms with Crippen molar-refractivity contribution in [1.29, 1.82) is 0 Å². The number of fused-ring (bicyclic) bond motifs is 4. The van der Waals surface area contributed by atoms with Crippen molar-refractivity contribution in [3.63, 3.8) is 0 Å². The fourth-order valence-electron chi connectivity index (χ4n) is 5.27. The highest BCUT2D eigenvalue weighted by atomic mass is 14.8. The van der Waals surface area contributed by atoms with Crippen LogP contribution in [0.2, 0.25) is 0 Å². The lowest BCUT2D eigenvalue weighted by molar-refractivity contribution is 0.174. The second-order valence-electron chi connectivity index (χ2n) is 8.08. The van der Waals surface area contributed by atoms with Crippen molar-refractivity contribution in [1.82, 2.24) is 0 Å². The molecule has 0 aromatic heterocycles. The van der Waals surface area contributed by atoms with Gasteiger partial charge in [0.15, 0.2) is 0 Å². The van der Waals surface area contributed by atoms with Crippen LogP contribution in [0.4, 0.5) is 0 Å². The van der Waals surface area contributed by atoms with Gasteiger partial charge in [0, 0.05) is 6.21 Å². The van der Waals surface area contributed by atoms with Crippen molar-refractivity contribution in [2.45, 2.75) is 84.1 Å². The van der Waals surface area contributed by atoms with Gasteiger partial charge in [-0.15, -0.1) is 0 Å². The van der Waals surface area contributed by atoms with E-state index in [0.29, 0.717) is 6.04 Å². The van der Waals surface area contributed by atoms with E-state index >= 15 is 0 Å². The van der Waals surface area contributed by atoms with Crippen LogP contribution >= 0.6 is 0 Å². The zero-order valence-corrected chi connectivity index (χ0v) is 13.6. The topological polar surface area (TPSA) is 12.4 Å². The third kappa shape index (κ3) is 3.28. The van der Waals surface area contributed by atoms with Crippen LogP contribution in [-0.4, -0.2) is 12.3 Å². The Labute approximate surface area is 125 Å². The molecule has 0 aromatic rings. The molecule has 0 radical (unpaired) electrons. The third-order valence-corrected chi connectivity index (χ3v) is 6.44. The molecule has 2 bridgehead atoms. The predicted octanol–water partition coefficient (Wildman–Crippen LogP) is 5.49. The summed E-state index contributed by atoms with van der Waals surface area (Å²) in [4.78, 5) is 5.11. The Balaban J connectivity index is 1.84. The van der Waals surface area contributed by atoms with E-state index in [-0.39, 0.29) is 0 Å². The molecule has 1 nitrogen and oxygen atoms in total. The molecule has 3 rings (SSSR count). The van der Waals surface area contributed by atoms with Gasteiger partial charge in [-0.25, -0.2) is 0 Å². The van der Waals surface area contributed by atoms with Crippen LogP contribution in [0.15, 0.2) is 4.99 Å². The minimum Gasteiger partial charge on any atom is -0.294 e. The maximum Gasteiger partial charge on any atom is 0.0526 e. The van der Waals surface area contributed by atoms with E-state index in [2.05, 4.69) is 20.1 Å². The van der Waals surface area contributed by atoms with Gasteiger partial charge >= 0.3 is 0 Å². The maximum absolute atomic E-state index is 5.11. The van der Waals surface area contributed by atoms with Gasteiger partial charge in [-0.3, -0.25) is 4.99 Å². The summed E-state index contributed by atoms with van der Waals surface area (Å²) in [7, 11) is 0. The van der Waals surface area contributed by atoms with Gasteiger partial charge in [0.1, 0.15) is 0 Å². The van der Waals surface area contributed by atoms with Gasteiger partial charge in [-0.05, 0) is 55.3 Å². The summed E-state index contributed by atoms with van der Waals surface area (Å²) in [6.07, 6.45) is 16.7. The molecule has 6 unspecified atom stereocenters. The summed E-state index contributed by atoms with van der Waals surface area (Å²) in [6.45, 7) is 5.01. The van der Waals surface area contributed by atoms with Gasteiger partial charge in [-0.2, -0.15) is 0 Å². The maximum atomic E-state index is 5.11. The van der Waals surface area contributed by atoms with E-state index < -0.39 is 0 Å². The number of hydrogen-bond acceptors (Lipinski definition) is 1. The van der Waals surface area contributed by atoms with Crippen LogP contribution < -0.4 is 0 Å². The molecule has 1 aliphatic heterocycles. The number of rotatable bonds is 0. The Morgan fingerprint density at radius 3 is 2.55 bits per heavy atom. The van der Waals surface area contributed by atoms with Gasteiger partial charge in [-0.1, -0.05) is 52.4 Å². The second kappa shape index (κ2) is 6.62. The fourth-order valence-corrected chi connectivity index (χ4v) is 5.27. The first kappa shape index (κ1) is 14.6. The Morgan fingerprint density at radius 1 is 0.800 bits per heavy atom. The highest BCUT2D eigenvalue weighted by Crippen LogP contribution is 2.43. The summed E-state index contributed by atoms with van der Waals surface area (Å²) >= 11 is 0.